The number of hydrogen-bond acceptors (Lipinski definition) is 4. The van der Waals surface area contributed by atoms with Crippen molar-refractivity contribution in [2.45, 2.75) is 50.0 Å². The Balaban J connectivity index is 2.32. The Morgan fingerprint density at radius 3 is 2.46 bits per heavy atom. The van der Waals surface area contributed by atoms with E-state index >= 15 is 0 Å². The van der Waals surface area contributed by atoms with Gasteiger partial charge in [-0.2, -0.15) is 0 Å². The van der Waals surface area contributed by atoms with Gasteiger partial charge in [0.15, 0.2) is 11.5 Å². The molecular formula is C20H27NO5. The molecule has 1 aliphatic rings. The number of benzene rings is 1. The topological polar surface area (TPSA) is 84.9 Å². The molecule has 0 aliphatic heterocycles. The van der Waals surface area contributed by atoms with Crippen LogP contribution in [0.4, 0.5) is 0 Å². The molecule has 2 N–H and O–H groups in total. The third kappa shape index (κ3) is 4.00. The Bertz CT molecular complexity index is 664. The zero-order valence-corrected chi connectivity index (χ0v) is 15.4. The molecule has 1 saturated carbocycles. The average molecular weight is 361 g/mol. The van der Waals surface area contributed by atoms with Gasteiger partial charge in [-0.1, -0.05) is 25.0 Å². The summed E-state index contributed by atoms with van der Waals surface area (Å²) in [5.41, 5.74) is 0.0968. The van der Waals surface area contributed by atoms with E-state index in [0.29, 0.717) is 37.2 Å². The maximum Gasteiger partial charge on any atom is 0.326 e. The van der Waals surface area contributed by atoms with Gasteiger partial charge in [0.1, 0.15) is 6.04 Å². The number of carbonyl (C=O) groups is 2. The van der Waals surface area contributed by atoms with Crippen molar-refractivity contribution in [2.75, 3.05) is 14.2 Å². The molecule has 6 heteroatoms. The molecule has 1 atom stereocenters. The molecule has 6 nitrogen and oxygen atoms in total. The van der Waals surface area contributed by atoms with Crippen LogP contribution in [-0.4, -0.2) is 37.2 Å². The Morgan fingerprint density at radius 1 is 1.27 bits per heavy atom. The Hall–Kier alpha value is -2.50. The Morgan fingerprint density at radius 2 is 1.92 bits per heavy atom. The van der Waals surface area contributed by atoms with Crippen LogP contribution in [0, 0.1) is 0 Å². The number of carbonyl (C=O) groups excluding carboxylic acids is 1. The summed E-state index contributed by atoms with van der Waals surface area (Å²) >= 11 is 0. The van der Waals surface area contributed by atoms with Crippen molar-refractivity contribution in [3.63, 3.8) is 0 Å². The maximum absolute atomic E-state index is 13.1. The fourth-order valence-corrected chi connectivity index (χ4v) is 3.60. The smallest absolute Gasteiger partial charge is 0.326 e. The second-order valence-corrected chi connectivity index (χ2v) is 6.59. The number of nitrogens with one attached hydrogen (secondary N) is 1. The third-order valence-corrected chi connectivity index (χ3v) is 5.09. The summed E-state index contributed by atoms with van der Waals surface area (Å²) in [6.07, 6.45) is 5.72. The van der Waals surface area contributed by atoms with Crippen molar-refractivity contribution in [1.29, 1.82) is 0 Å². The fraction of sp³-hybridized carbons (Fsp3) is 0.500. The highest BCUT2D eigenvalue weighted by Crippen LogP contribution is 2.44. The molecule has 0 saturated heterocycles. The van der Waals surface area contributed by atoms with Gasteiger partial charge in [-0.05, 0) is 43.4 Å². The van der Waals surface area contributed by atoms with E-state index in [2.05, 4.69) is 11.9 Å². The minimum atomic E-state index is -1.03. The lowest BCUT2D eigenvalue weighted by Gasteiger charge is -2.30. The van der Waals surface area contributed by atoms with Crippen molar-refractivity contribution in [3.05, 3.63) is 36.4 Å². The number of amides is 1. The van der Waals surface area contributed by atoms with Crippen LogP contribution >= 0.6 is 0 Å². The molecule has 0 radical (unpaired) electrons. The molecule has 0 spiro atoms. The molecule has 0 bridgehead atoms. The number of methoxy groups -OCH3 is 2. The minimum absolute atomic E-state index is 0.237. The van der Waals surface area contributed by atoms with Crippen LogP contribution in [0.1, 0.15) is 44.1 Å². The summed E-state index contributed by atoms with van der Waals surface area (Å²) in [7, 11) is 3.12. The van der Waals surface area contributed by atoms with E-state index in [1.807, 2.05) is 12.1 Å². The highest BCUT2D eigenvalue weighted by Gasteiger charge is 2.44. The van der Waals surface area contributed by atoms with Gasteiger partial charge in [0, 0.05) is 0 Å². The molecule has 1 unspecified atom stereocenters. The van der Waals surface area contributed by atoms with Crippen LogP contribution in [0.2, 0.25) is 0 Å². The molecule has 142 valence electrons. The maximum atomic E-state index is 13.1. The summed E-state index contributed by atoms with van der Waals surface area (Å²) in [6.45, 7) is 3.61. The number of aliphatic carboxylic acids is 1. The van der Waals surface area contributed by atoms with Crippen LogP contribution in [0.15, 0.2) is 30.9 Å². The summed E-state index contributed by atoms with van der Waals surface area (Å²) < 4.78 is 10.6. The summed E-state index contributed by atoms with van der Waals surface area (Å²) in [5, 5.41) is 12.2. The first-order valence-electron chi connectivity index (χ1n) is 8.85. The first-order valence-corrected chi connectivity index (χ1v) is 8.85. The molecule has 1 aromatic rings. The van der Waals surface area contributed by atoms with Crippen LogP contribution in [-0.2, 0) is 15.0 Å². The molecule has 1 aliphatic carbocycles. The van der Waals surface area contributed by atoms with E-state index in [-0.39, 0.29) is 5.91 Å². The highest BCUT2D eigenvalue weighted by molar-refractivity contribution is 5.92. The van der Waals surface area contributed by atoms with Gasteiger partial charge in [0.2, 0.25) is 5.91 Å². The number of ether oxygens (including phenoxy) is 2. The number of hydrogen-bond donors (Lipinski definition) is 2. The predicted molar refractivity (Wildman–Crippen MR) is 98.7 cm³/mol. The zero-order chi connectivity index (χ0) is 19.2. The van der Waals surface area contributed by atoms with Gasteiger partial charge in [0.25, 0.3) is 0 Å². The third-order valence-electron chi connectivity index (χ3n) is 5.09. The van der Waals surface area contributed by atoms with Crippen LogP contribution in [0.3, 0.4) is 0 Å². The molecule has 2 rings (SSSR count). The summed E-state index contributed by atoms with van der Waals surface area (Å²) in [5.74, 6) is -0.107. The molecule has 1 aromatic carbocycles. The summed E-state index contributed by atoms with van der Waals surface area (Å²) in [6, 6.07) is 4.56. The van der Waals surface area contributed by atoms with Gasteiger partial charge >= 0.3 is 5.97 Å². The summed E-state index contributed by atoms with van der Waals surface area (Å²) in [4.78, 5) is 24.6. The minimum Gasteiger partial charge on any atom is -0.493 e. The molecule has 26 heavy (non-hydrogen) atoms. The average Bonchev–Trinajstić information content (AvgIpc) is 3.15. The number of carboxylic acids is 1. The largest absolute Gasteiger partial charge is 0.493 e. The first-order chi connectivity index (χ1) is 12.5. The van der Waals surface area contributed by atoms with E-state index in [4.69, 9.17) is 9.47 Å². The number of allylic oxidation sites excluding steroid dienone is 1. The van der Waals surface area contributed by atoms with Gasteiger partial charge < -0.3 is 19.9 Å². The first kappa shape index (κ1) is 19.8. The van der Waals surface area contributed by atoms with Crippen molar-refractivity contribution in [1.82, 2.24) is 5.32 Å². The van der Waals surface area contributed by atoms with Crippen molar-refractivity contribution in [2.24, 2.45) is 0 Å². The van der Waals surface area contributed by atoms with Crippen LogP contribution in [0.5, 0.6) is 11.5 Å². The van der Waals surface area contributed by atoms with E-state index < -0.39 is 17.4 Å². The van der Waals surface area contributed by atoms with E-state index in [9.17, 15) is 14.7 Å². The molecule has 1 fully saturated rings. The fourth-order valence-electron chi connectivity index (χ4n) is 3.60. The zero-order valence-electron chi connectivity index (χ0n) is 15.4. The quantitative estimate of drug-likeness (QED) is 0.661. The van der Waals surface area contributed by atoms with Gasteiger partial charge in [-0.3, -0.25) is 4.79 Å². The van der Waals surface area contributed by atoms with Gasteiger partial charge in [-0.25, -0.2) is 4.79 Å². The highest BCUT2D eigenvalue weighted by atomic mass is 16.5. The van der Waals surface area contributed by atoms with Crippen molar-refractivity contribution >= 4 is 11.9 Å². The normalized spacial score (nSPS) is 16.5. The van der Waals surface area contributed by atoms with Gasteiger partial charge in [-0.15, -0.1) is 6.58 Å². The second kappa shape index (κ2) is 8.74. The monoisotopic (exact) mass is 361 g/mol. The van der Waals surface area contributed by atoms with Crippen LogP contribution < -0.4 is 14.8 Å². The predicted octanol–water partition coefficient (Wildman–Crippen LogP) is 3.05. The van der Waals surface area contributed by atoms with E-state index in [1.165, 1.54) is 0 Å². The van der Waals surface area contributed by atoms with E-state index in [0.717, 1.165) is 18.4 Å². The molecule has 0 aromatic heterocycles. The standard InChI is InChI=1S/C20H27NO5/c1-4-5-8-15(18(22)23)21-19(24)20(11-6-7-12-20)14-9-10-16(25-2)17(13-14)26-3/h4,9-10,13,15H,1,5-8,11-12H2,2-3H3,(H,21,24)(H,22,23). The number of carboxylic acid groups (broad SMARTS) is 1. The molecule has 1 amide bonds. The van der Waals surface area contributed by atoms with E-state index in [1.54, 1.807) is 26.4 Å². The lowest BCUT2D eigenvalue weighted by Crippen LogP contribution is -2.49. The van der Waals surface area contributed by atoms with Crippen molar-refractivity contribution in [3.8, 4) is 11.5 Å². The lowest BCUT2D eigenvalue weighted by molar-refractivity contribution is -0.143. The van der Waals surface area contributed by atoms with Crippen LogP contribution in [0.25, 0.3) is 0 Å². The lowest BCUT2D eigenvalue weighted by atomic mass is 9.77. The van der Waals surface area contributed by atoms with Gasteiger partial charge in [0.05, 0.1) is 19.6 Å². The van der Waals surface area contributed by atoms with Crippen molar-refractivity contribution < 1.29 is 24.2 Å². The molecule has 0 heterocycles. The SMILES string of the molecule is C=CCCC(NC(=O)C1(c2ccc(OC)c(OC)c2)CCCC1)C(=O)O. The molecular weight excluding hydrogens is 334 g/mol. The number of rotatable bonds is 9. The second-order valence-electron chi connectivity index (χ2n) is 6.59. The Labute approximate surface area is 154 Å². The Kier molecular flexibility index (Phi) is 6.66.